The van der Waals surface area contributed by atoms with Gasteiger partial charge >= 0.3 is 0 Å². The Balaban J connectivity index is 1.97. The molecule has 0 amide bonds. The van der Waals surface area contributed by atoms with Crippen molar-refractivity contribution in [1.82, 2.24) is 0 Å². The molecule has 1 aromatic rings. The lowest BCUT2D eigenvalue weighted by molar-refractivity contribution is 0.206. The van der Waals surface area contributed by atoms with Crippen molar-refractivity contribution in [3.63, 3.8) is 0 Å². The minimum atomic E-state index is 0.137. The zero-order valence-corrected chi connectivity index (χ0v) is 9.94. The first kappa shape index (κ1) is 11.0. The lowest BCUT2D eigenvalue weighted by Crippen LogP contribution is -2.23. The van der Waals surface area contributed by atoms with E-state index in [4.69, 9.17) is 4.74 Å². The topological polar surface area (TPSA) is 9.23 Å². The molecule has 1 heteroatoms. The molecule has 2 rings (SSSR count). The highest BCUT2D eigenvalue weighted by atomic mass is 16.5. The van der Waals surface area contributed by atoms with Crippen molar-refractivity contribution < 1.29 is 4.74 Å². The van der Waals surface area contributed by atoms with Crippen LogP contribution in [0.15, 0.2) is 48.6 Å². The number of allylic oxidation sites excluding steroid dienone is 3. The molecule has 0 bridgehead atoms. The smallest absolute Gasteiger partial charge is 0.119 e. The minimum absolute atomic E-state index is 0.137. The predicted octanol–water partition coefficient (Wildman–Crippen LogP) is 3.90. The molecule has 1 aromatic carbocycles. The highest BCUT2D eigenvalue weighted by molar-refractivity contribution is 5.27. The Hall–Kier alpha value is -1.50. The van der Waals surface area contributed by atoms with Crippen LogP contribution in [0.2, 0.25) is 0 Å². The Morgan fingerprint density at radius 3 is 2.88 bits per heavy atom. The van der Waals surface area contributed by atoms with Crippen molar-refractivity contribution in [3.05, 3.63) is 54.1 Å². The van der Waals surface area contributed by atoms with Crippen LogP contribution in [0.3, 0.4) is 0 Å². The van der Waals surface area contributed by atoms with Crippen LogP contribution in [0.5, 0.6) is 5.75 Å². The third-order valence-electron chi connectivity index (χ3n) is 2.89. The van der Waals surface area contributed by atoms with E-state index in [1.807, 2.05) is 12.1 Å². The molecule has 1 aliphatic carbocycles. The summed E-state index contributed by atoms with van der Waals surface area (Å²) in [6.45, 7) is 5.04. The van der Waals surface area contributed by atoms with E-state index in [0.29, 0.717) is 0 Å². The van der Waals surface area contributed by atoms with E-state index in [0.717, 1.165) is 18.8 Å². The number of hydrogen-bond acceptors (Lipinski definition) is 1. The van der Waals surface area contributed by atoms with Crippen molar-refractivity contribution in [2.45, 2.75) is 20.3 Å². The lowest BCUT2D eigenvalue weighted by Gasteiger charge is -2.26. The molecule has 0 heterocycles. The molecule has 1 unspecified atom stereocenters. The number of benzene rings is 1. The maximum atomic E-state index is 5.84. The van der Waals surface area contributed by atoms with Crippen LogP contribution in [0.1, 0.15) is 18.9 Å². The second-order valence-electron chi connectivity index (χ2n) is 4.75. The first-order chi connectivity index (χ1) is 7.68. The molecule has 1 aliphatic rings. The van der Waals surface area contributed by atoms with E-state index in [1.165, 1.54) is 5.56 Å². The van der Waals surface area contributed by atoms with Gasteiger partial charge in [0.25, 0.3) is 0 Å². The second kappa shape index (κ2) is 4.56. The van der Waals surface area contributed by atoms with Gasteiger partial charge in [0.1, 0.15) is 5.75 Å². The molecule has 0 N–H and O–H groups in total. The second-order valence-corrected chi connectivity index (χ2v) is 4.75. The number of aryl methyl sites for hydroxylation is 1. The summed E-state index contributed by atoms with van der Waals surface area (Å²) in [5, 5.41) is 0. The summed E-state index contributed by atoms with van der Waals surface area (Å²) >= 11 is 0. The van der Waals surface area contributed by atoms with Crippen LogP contribution < -0.4 is 4.74 Å². The maximum absolute atomic E-state index is 5.84. The fourth-order valence-corrected chi connectivity index (χ4v) is 1.83. The number of hydrogen-bond donors (Lipinski definition) is 0. The lowest BCUT2D eigenvalue weighted by atomic mass is 9.85. The highest BCUT2D eigenvalue weighted by Gasteiger charge is 2.21. The zero-order chi connectivity index (χ0) is 11.4. The summed E-state index contributed by atoms with van der Waals surface area (Å²) in [4.78, 5) is 0. The zero-order valence-electron chi connectivity index (χ0n) is 9.94. The van der Waals surface area contributed by atoms with Gasteiger partial charge in [-0.25, -0.2) is 0 Å². The molecule has 1 atom stereocenters. The van der Waals surface area contributed by atoms with Gasteiger partial charge in [0.05, 0.1) is 6.61 Å². The average molecular weight is 214 g/mol. The van der Waals surface area contributed by atoms with Gasteiger partial charge in [0.2, 0.25) is 0 Å². The first-order valence-corrected chi connectivity index (χ1v) is 5.72. The van der Waals surface area contributed by atoms with Gasteiger partial charge in [-0.15, -0.1) is 0 Å². The Kier molecular flexibility index (Phi) is 3.14. The Morgan fingerprint density at radius 2 is 2.19 bits per heavy atom. The quantitative estimate of drug-likeness (QED) is 0.741. The summed E-state index contributed by atoms with van der Waals surface area (Å²) < 4.78 is 5.84. The third kappa shape index (κ3) is 2.75. The van der Waals surface area contributed by atoms with Gasteiger partial charge in [-0.2, -0.15) is 0 Å². The summed E-state index contributed by atoms with van der Waals surface area (Å²) in [5.74, 6) is 0.962. The largest absolute Gasteiger partial charge is 0.493 e. The van der Waals surface area contributed by atoms with Gasteiger partial charge in [-0.3, -0.25) is 0 Å². The van der Waals surface area contributed by atoms with E-state index < -0.39 is 0 Å². The van der Waals surface area contributed by atoms with Crippen LogP contribution in [-0.2, 0) is 0 Å². The number of rotatable bonds is 3. The molecule has 0 saturated heterocycles. The average Bonchev–Trinajstić information content (AvgIpc) is 2.28. The molecule has 0 spiro atoms. The van der Waals surface area contributed by atoms with Crippen molar-refractivity contribution in [1.29, 1.82) is 0 Å². The van der Waals surface area contributed by atoms with Crippen LogP contribution in [0.25, 0.3) is 0 Å². The van der Waals surface area contributed by atoms with Crippen LogP contribution in [0, 0.1) is 12.3 Å². The molecular formula is C15H18O. The van der Waals surface area contributed by atoms with E-state index in [9.17, 15) is 0 Å². The molecule has 0 aliphatic heterocycles. The molecule has 1 nitrogen and oxygen atoms in total. The van der Waals surface area contributed by atoms with Crippen molar-refractivity contribution in [2.24, 2.45) is 5.41 Å². The SMILES string of the molecule is Cc1cccc(OCC2(C)C=CC=CC2)c1. The Labute approximate surface area is 97.4 Å². The van der Waals surface area contributed by atoms with Gasteiger partial charge in [-0.05, 0) is 31.0 Å². The minimum Gasteiger partial charge on any atom is -0.493 e. The fourth-order valence-electron chi connectivity index (χ4n) is 1.83. The summed E-state index contributed by atoms with van der Waals surface area (Å²) in [6, 6.07) is 8.20. The van der Waals surface area contributed by atoms with E-state index >= 15 is 0 Å². The third-order valence-corrected chi connectivity index (χ3v) is 2.89. The predicted molar refractivity (Wildman–Crippen MR) is 67.7 cm³/mol. The fraction of sp³-hybridized carbons (Fsp3) is 0.333. The van der Waals surface area contributed by atoms with Gasteiger partial charge < -0.3 is 4.74 Å². The normalized spacial score (nSPS) is 23.4. The van der Waals surface area contributed by atoms with E-state index in [1.54, 1.807) is 0 Å². The molecule has 84 valence electrons. The van der Waals surface area contributed by atoms with E-state index in [2.05, 4.69) is 50.3 Å². The van der Waals surface area contributed by atoms with Gasteiger partial charge in [0.15, 0.2) is 0 Å². The standard InChI is InChI=1S/C15H18O/c1-13-7-6-8-14(11-13)16-12-15(2)9-4-3-5-10-15/h3-9,11H,10,12H2,1-2H3. The summed E-state index contributed by atoms with van der Waals surface area (Å²) in [5.41, 5.74) is 1.38. The molecule has 0 fully saturated rings. The van der Waals surface area contributed by atoms with Gasteiger partial charge in [0, 0.05) is 5.41 Å². The van der Waals surface area contributed by atoms with Crippen molar-refractivity contribution >= 4 is 0 Å². The van der Waals surface area contributed by atoms with E-state index in [-0.39, 0.29) is 5.41 Å². The molecular weight excluding hydrogens is 196 g/mol. The van der Waals surface area contributed by atoms with Crippen molar-refractivity contribution in [2.75, 3.05) is 6.61 Å². The maximum Gasteiger partial charge on any atom is 0.119 e. The van der Waals surface area contributed by atoms with Crippen LogP contribution in [-0.4, -0.2) is 6.61 Å². The summed E-state index contributed by atoms with van der Waals surface area (Å²) in [7, 11) is 0. The summed E-state index contributed by atoms with van der Waals surface area (Å²) in [6.07, 6.45) is 9.66. The van der Waals surface area contributed by atoms with Crippen molar-refractivity contribution in [3.8, 4) is 5.75 Å². The highest BCUT2D eigenvalue weighted by Crippen LogP contribution is 2.28. The monoisotopic (exact) mass is 214 g/mol. The van der Waals surface area contributed by atoms with Crippen LogP contribution >= 0.6 is 0 Å². The number of ether oxygens (including phenoxy) is 1. The van der Waals surface area contributed by atoms with Gasteiger partial charge in [-0.1, -0.05) is 43.4 Å². The molecule has 0 aromatic heterocycles. The van der Waals surface area contributed by atoms with Crippen LogP contribution in [0.4, 0.5) is 0 Å². The Bertz CT molecular complexity index is 417. The molecule has 0 saturated carbocycles. The Morgan fingerprint density at radius 1 is 1.31 bits per heavy atom. The first-order valence-electron chi connectivity index (χ1n) is 5.72. The molecule has 16 heavy (non-hydrogen) atoms. The molecule has 0 radical (unpaired) electrons.